The van der Waals surface area contributed by atoms with Crippen LogP contribution in [0.3, 0.4) is 0 Å². The molecule has 0 aliphatic heterocycles. The molecule has 0 spiro atoms. The molecule has 0 aliphatic carbocycles. The topological polar surface area (TPSA) is 75.0 Å². The van der Waals surface area contributed by atoms with Crippen LogP contribution < -0.4 is 10.1 Å². The monoisotopic (exact) mass is 377 g/mol. The number of pyridine rings is 1. The number of rotatable bonds is 6. The van der Waals surface area contributed by atoms with Gasteiger partial charge in [0.2, 0.25) is 5.91 Å². The number of fused-ring (bicyclic) bond motifs is 1. The first-order valence-electron chi connectivity index (χ1n) is 8.53. The lowest BCUT2D eigenvalue weighted by atomic mass is 10.1. The molecule has 0 saturated carbocycles. The summed E-state index contributed by atoms with van der Waals surface area (Å²) in [4.78, 5) is 16.8. The average Bonchev–Trinajstić information content (AvgIpc) is 2.71. The average molecular weight is 377 g/mol. The zero-order chi connectivity index (χ0) is 19.2. The van der Waals surface area contributed by atoms with Crippen molar-refractivity contribution in [3.05, 3.63) is 59.7 Å². The molecule has 5 nitrogen and oxygen atoms in total. The summed E-state index contributed by atoms with van der Waals surface area (Å²) in [5.74, 6) is 0.733. The molecule has 27 heavy (non-hydrogen) atoms. The Bertz CT molecular complexity index is 1010. The number of ether oxygens (including phenoxy) is 1. The van der Waals surface area contributed by atoms with Crippen molar-refractivity contribution in [1.82, 2.24) is 4.98 Å². The minimum Gasteiger partial charge on any atom is -0.497 e. The molecule has 1 heterocycles. The van der Waals surface area contributed by atoms with Gasteiger partial charge in [0.25, 0.3) is 0 Å². The number of benzene rings is 2. The van der Waals surface area contributed by atoms with E-state index < -0.39 is 0 Å². The molecule has 3 aromatic rings. The first-order chi connectivity index (χ1) is 13.1. The maximum absolute atomic E-state index is 12.2. The Morgan fingerprint density at radius 1 is 1.22 bits per heavy atom. The summed E-state index contributed by atoms with van der Waals surface area (Å²) < 4.78 is 5.22. The molecule has 1 N–H and O–H groups in total. The van der Waals surface area contributed by atoms with Gasteiger partial charge < -0.3 is 10.1 Å². The van der Waals surface area contributed by atoms with Crippen molar-refractivity contribution in [3.63, 3.8) is 0 Å². The minimum absolute atomic E-state index is 0.138. The number of nitrogens with one attached hydrogen (secondary N) is 1. The number of hydrogen-bond donors (Lipinski definition) is 1. The molecule has 0 radical (unpaired) electrons. The third-order valence-corrected chi connectivity index (χ3v) is 5.09. The number of methoxy groups -OCH3 is 1. The van der Waals surface area contributed by atoms with Gasteiger partial charge in [-0.3, -0.25) is 4.79 Å². The Kier molecular flexibility index (Phi) is 5.94. The smallest absolute Gasteiger partial charge is 0.234 e. The second-order valence-electron chi connectivity index (χ2n) is 5.90. The van der Waals surface area contributed by atoms with E-state index in [-0.39, 0.29) is 11.7 Å². The molecule has 2 aromatic carbocycles. The van der Waals surface area contributed by atoms with Gasteiger partial charge in [0.05, 0.1) is 23.9 Å². The molecule has 0 bridgehead atoms. The number of thioether (sulfide) groups is 1. The molecule has 0 fully saturated rings. The number of carbonyl (C=O) groups excluding carboxylic acids is 1. The van der Waals surface area contributed by atoms with Crippen molar-refractivity contribution in [2.45, 2.75) is 18.4 Å². The number of anilines is 1. The number of nitriles is 1. The SMILES string of the molecule is CCc1ccc(NC(=O)CSc2nc3cc(OC)ccc3cc2C#N)cc1. The standard InChI is InChI=1S/C21H19N3O2S/c1-3-14-4-7-17(8-5-14)23-20(25)13-27-21-16(12-22)10-15-6-9-18(26-2)11-19(15)24-21/h4-11H,3,13H2,1-2H3,(H,23,25). The lowest BCUT2D eigenvalue weighted by molar-refractivity contribution is -0.113. The Labute approximate surface area is 162 Å². The Hall–Kier alpha value is -3.04. The summed E-state index contributed by atoms with van der Waals surface area (Å²) in [6.45, 7) is 2.09. The van der Waals surface area contributed by atoms with E-state index in [0.29, 0.717) is 16.3 Å². The van der Waals surface area contributed by atoms with E-state index >= 15 is 0 Å². The van der Waals surface area contributed by atoms with Crippen LogP contribution in [0.15, 0.2) is 53.6 Å². The first-order valence-corrected chi connectivity index (χ1v) is 9.52. The molecule has 0 aliphatic rings. The summed E-state index contributed by atoms with van der Waals surface area (Å²) in [6, 6.07) is 17.2. The fourth-order valence-electron chi connectivity index (χ4n) is 2.60. The van der Waals surface area contributed by atoms with E-state index in [2.05, 4.69) is 23.3 Å². The molecule has 1 amide bonds. The van der Waals surface area contributed by atoms with Crippen LogP contribution in [0.1, 0.15) is 18.1 Å². The number of aryl methyl sites for hydroxylation is 1. The zero-order valence-electron chi connectivity index (χ0n) is 15.2. The molecule has 0 saturated heterocycles. The van der Waals surface area contributed by atoms with Gasteiger partial charge in [-0.25, -0.2) is 4.98 Å². The minimum atomic E-state index is -0.138. The second kappa shape index (κ2) is 8.56. The quantitative estimate of drug-likeness (QED) is 0.644. The zero-order valence-corrected chi connectivity index (χ0v) is 16.0. The highest BCUT2D eigenvalue weighted by Crippen LogP contribution is 2.27. The lowest BCUT2D eigenvalue weighted by Crippen LogP contribution is -2.14. The van der Waals surface area contributed by atoms with E-state index in [4.69, 9.17) is 4.74 Å². The highest BCUT2D eigenvalue weighted by Gasteiger charge is 2.11. The van der Waals surface area contributed by atoms with Gasteiger partial charge in [-0.1, -0.05) is 30.8 Å². The van der Waals surface area contributed by atoms with Crippen molar-refractivity contribution >= 4 is 34.3 Å². The van der Waals surface area contributed by atoms with Crippen LogP contribution in [0.5, 0.6) is 5.75 Å². The molecule has 1 aromatic heterocycles. The fourth-order valence-corrected chi connectivity index (χ4v) is 3.36. The van der Waals surface area contributed by atoms with Gasteiger partial charge in [0, 0.05) is 17.1 Å². The van der Waals surface area contributed by atoms with E-state index in [0.717, 1.165) is 23.0 Å². The Morgan fingerprint density at radius 2 is 2.00 bits per heavy atom. The second-order valence-corrected chi connectivity index (χ2v) is 6.86. The van der Waals surface area contributed by atoms with Gasteiger partial charge in [0.15, 0.2) is 0 Å². The first kappa shape index (κ1) is 18.7. The molecule has 0 atom stereocenters. The molecule has 136 valence electrons. The summed E-state index contributed by atoms with van der Waals surface area (Å²) in [6.07, 6.45) is 0.958. The van der Waals surface area contributed by atoms with E-state index in [1.54, 1.807) is 13.2 Å². The third-order valence-electron chi connectivity index (χ3n) is 4.10. The van der Waals surface area contributed by atoms with Crippen LogP contribution in [-0.4, -0.2) is 23.8 Å². The van der Waals surface area contributed by atoms with Crippen LogP contribution in [-0.2, 0) is 11.2 Å². The molecule has 3 rings (SSSR count). The largest absolute Gasteiger partial charge is 0.497 e. The number of nitrogens with zero attached hydrogens (tertiary/aromatic N) is 2. The molecular weight excluding hydrogens is 358 g/mol. The predicted octanol–water partition coefficient (Wildman–Crippen LogP) is 4.41. The maximum atomic E-state index is 12.2. The number of hydrogen-bond acceptors (Lipinski definition) is 5. The van der Waals surface area contributed by atoms with E-state index in [1.165, 1.54) is 17.3 Å². The van der Waals surface area contributed by atoms with E-state index in [9.17, 15) is 10.1 Å². The van der Waals surface area contributed by atoms with Crippen LogP contribution in [0.4, 0.5) is 5.69 Å². The van der Waals surface area contributed by atoms with Crippen molar-refractivity contribution in [2.24, 2.45) is 0 Å². The van der Waals surface area contributed by atoms with Gasteiger partial charge in [-0.05, 0) is 42.3 Å². The predicted molar refractivity (Wildman–Crippen MR) is 108 cm³/mol. The van der Waals surface area contributed by atoms with Gasteiger partial charge in [0.1, 0.15) is 16.8 Å². The third kappa shape index (κ3) is 4.57. The highest BCUT2D eigenvalue weighted by atomic mass is 32.2. The molecule has 6 heteroatoms. The normalized spacial score (nSPS) is 10.4. The number of aromatic nitrogens is 1. The van der Waals surface area contributed by atoms with Crippen LogP contribution in [0.25, 0.3) is 10.9 Å². The van der Waals surface area contributed by atoms with Gasteiger partial charge in [-0.2, -0.15) is 5.26 Å². The summed E-state index contributed by atoms with van der Waals surface area (Å²) in [5, 5.41) is 13.7. The van der Waals surface area contributed by atoms with Crippen molar-refractivity contribution < 1.29 is 9.53 Å². The summed E-state index contributed by atoms with van der Waals surface area (Å²) >= 11 is 1.25. The number of amides is 1. The van der Waals surface area contributed by atoms with Gasteiger partial charge in [-0.15, -0.1) is 0 Å². The van der Waals surface area contributed by atoms with Crippen molar-refractivity contribution in [2.75, 3.05) is 18.2 Å². The molecule has 0 unspecified atom stereocenters. The van der Waals surface area contributed by atoms with E-state index in [1.807, 2.05) is 42.5 Å². The number of carbonyl (C=O) groups is 1. The van der Waals surface area contributed by atoms with Gasteiger partial charge >= 0.3 is 0 Å². The summed E-state index contributed by atoms with van der Waals surface area (Å²) in [5.41, 5.74) is 3.16. The maximum Gasteiger partial charge on any atom is 0.234 e. The Balaban J connectivity index is 1.72. The van der Waals surface area contributed by atoms with Crippen LogP contribution >= 0.6 is 11.8 Å². The Morgan fingerprint density at radius 3 is 2.67 bits per heavy atom. The van der Waals surface area contributed by atoms with Crippen molar-refractivity contribution in [1.29, 1.82) is 5.26 Å². The van der Waals surface area contributed by atoms with Crippen LogP contribution in [0.2, 0.25) is 0 Å². The van der Waals surface area contributed by atoms with Crippen LogP contribution in [0, 0.1) is 11.3 Å². The lowest BCUT2D eigenvalue weighted by Gasteiger charge is -2.08. The fraction of sp³-hybridized carbons (Fsp3) is 0.190. The molecular formula is C21H19N3O2S. The summed E-state index contributed by atoms with van der Waals surface area (Å²) in [7, 11) is 1.60. The van der Waals surface area contributed by atoms with Crippen molar-refractivity contribution in [3.8, 4) is 11.8 Å². The highest BCUT2D eigenvalue weighted by molar-refractivity contribution is 8.00.